The number of piperazine rings is 1. The lowest BCUT2D eigenvalue weighted by Gasteiger charge is -2.32. The summed E-state index contributed by atoms with van der Waals surface area (Å²) in [6.07, 6.45) is 5.24. The summed E-state index contributed by atoms with van der Waals surface area (Å²) < 4.78 is 0. The molecule has 0 bridgehead atoms. The lowest BCUT2D eigenvalue weighted by molar-refractivity contribution is 0.148. The van der Waals surface area contributed by atoms with E-state index in [9.17, 15) is 4.79 Å². The van der Waals surface area contributed by atoms with Crippen LogP contribution in [0.15, 0.2) is 71.9 Å². The smallest absolute Gasteiger partial charge is 0.256 e. The van der Waals surface area contributed by atoms with Crippen molar-refractivity contribution < 1.29 is 0 Å². The summed E-state index contributed by atoms with van der Waals surface area (Å²) in [5.74, 6) is 0.487. The Morgan fingerprint density at radius 1 is 0.973 bits per heavy atom. The number of aromatic amines is 1. The van der Waals surface area contributed by atoms with Gasteiger partial charge < -0.3 is 15.2 Å². The molecule has 0 saturated carbocycles. The molecule has 0 unspecified atom stereocenters. The Morgan fingerprint density at radius 2 is 1.84 bits per heavy atom. The number of aromatic nitrogens is 4. The van der Waals surface area contributed by atoms with E-state index in [4.69, 9.17) is 0 Å². The molecule has 37 heavy (non-hydrogen) atoms. The van der Waals surface area contributed by atoms with E-state index in [1.165, 1.54) is 5.56 Å². The summed E-state index contributed by atoms with van der Waals surface area (Å²) in [6.45, 7) is 7.23. The van der Waals surface area contributed by atoms with Crippen LogP contribution in [-0.2, 0) is 6.54 Å². The molecule has 1 fully saturated rings. The monoisotopic (exact) mass is 491 g/mol. The Hall–Kier alpha value is -4.14. The summed E-state index contributed by atoms with van der Waals surface area (Å²) in [6, 6.07) is 16.0. The molecule has 8 nitrogen and oxygen atoms in total. The van der Waals surface area contributed by atoms with Crippen molar-refractivity contribution in [2.45, 2.75) is 13.5 Å². The maximum Gasteiger partial charge on any atom is 0.256 e. The van der Waals surface area contributed by atoms with Gasteiger partial charge in [0, 0.05) is 73.3 Å². The van der Waals surface area contributed by atoms with Crippen LogP contribution in [0.25, 0.3) is 32.9 Å². The summed E-state index contributed by atoms with van der Waals surface area (Å²) >= 11 is 0. The molecule has 1 aliphatic rings. The number of H-pyrrole nitrogens is 1. The highest BCUT2D eigenvalue weighted by atomic mass is 16.1. The third kappa shape index (κ3) is 4.81. The predicted molar refractivity (Wildman–Crippen MR) is 148 cm³/mol. The van der Waals surface area contributed by atoms with E-state index in [1.807, 2.05) is 30.3 Å². The number of nitrogens with one attached hydrogen (secondary N) is 2. The number of hydrogen-bond donors (Lipinski definition) is 2. The molecule has 0 spiro atoms. The Morgan fingerprint density at radius 3 is 2.65 bits per heavy atom. The fourth-order valence-electron chi connectivity index (χ4n) is 4.95. The molecule has 0 atom stereocenters. The van der Waals surface area contributed by atoms with E-state index < -0.39 is 0 Å². The Labute approximate surface area is 215 Å². The van der Waals surface area contributed by atoms with E-state index in [0.29, 0.717) is 11.3 Å². The van der Waals surface area contributed by atoms with Gasteiger partial charge in [0.1, 0.15) is 0 Å². The van der Waals surface area contributed by atoms with Crippen LogP contribution in [0.3, 0.4) is 0 Å². The summed E-state index contributed by atoms with van der Waals surface area (Å²) in [5.41, 5.74) is 5.52. The number of rotatable bonds is 5. The van der Waals surface area contributed by atoms with Gasteiger partial charge in [0.15, 0.2) is 0 Å². The number of likely N-dealkylation sites (N-methyl/N-ethyl adjacent to an activating group) is 1. The molecule has 1 aliphatic heterocycles. The number of fused-ring (bicyclic) bond motifs is 3. The second-order valence-electron chi connectivity index (χ2n) is 9.76. The fourth-order valence-corrected chi connectivity index (χ4v) is 4.95. The van der Waals surface area contributed by atoms with Crippen molar-refractivity contribution in [2.24, 2.45) is 0 Å². The van der Waals surface area contributed by atoms with Crippen LogP contribution in [0.2, 0.25) is 0 Å². The van der Waals surface area contributed by atoms with Crippen molar-refractivity contribution in [3.8, 4) is 11.3 Å². The molecular formula is C29H29N7O. The van der Waals surface area contributed by atoms with Crippen molar-refractivity contribution in [2.75, 3.05) is 38.5 Å². The van der Waals surface area contributed by atoms with Crippen molar-refractivity contribution >= 4 is 33.3 Å². The van der Waals surface area contributed by atoms with Crippen LogP contribution in [0.5, 0.6) is 0 Å². The normalized spacial score (nSPS) is 14.9. The second-order valence-corrected chi connectivity index (χ2v) is 9.76. The molecule has 6 rings (SSSR count). The third-order valence-electron chi connectivity index (χ3n) is 7.09. The first-order chi connectivity index (χ1) is 18.0. The van der Waals surface area contributed by atoms with Crippen LogP contribution >= 0.6 is 0 Å². The van der Waals surface area contributed by atoms with E-state index in [0.717, 1.165) is 71.5 Å². The number of benzene rings is 2. The highest BCUT2D eigenvalue weighted by molar-refractivity contribution is 6.06. The van der Waals surface area contributed by atoms with Gasteiger partial charge in [-0.1, -0.05) is 6.07 Å². The zero-order valence-corrected chi connectivity index (χ0v) is 21.0. The van der Waals surface area contributed by atoms with Gasteiger partial charge in [0.05, 0.1) is 11.2 Å². The summed E-state index contributed by atoms with van der Waals surface area (Å²) in [5, 5.41) is 6.06. The number of nitrogens with zero attached hydrogens (tertiary/aromatic N) is 5. The van der Waals surface area contributed by atoms with E-state index in [1.54, 1.807) is 18.6 Å². The first-order valence-electron chi connectivity index (χ1n) is 12.5. The third-order valence-corrected chi connectivity index (χ3v) is 7.09. The quantitative estimate of drug-likeness (QED) is 0.354. The molecule has 1 saturated heterocycles. The average Bonchev–Trinajstić information content (AvgIpc) is 2.92. The SMILES string of the molecule is Cc1cc2c(cc1Nc1nccc(-c3cccnc3)n1)[nH]c(=O)c1ccc(CN3CCN(C)CC3)cc12. The summed E-state index contributed by atoms with van der Waals surface area (Å²) in [4.78, 5) is 34.1. The minimum Gasteiger partial charge on any atom is -0.324 e. The van der Waals surface area contributed by atoms with Crippen LogP contribution in [0.1, 0.15) is 11.1 Å². The second kappa shape index (κ2) is 9.72. The minimum absolute atomic E-state index is 0.0849. The molecule has 0 radical (unpaired) electrons. The number of pyridine rings is 2. The topological polar surface area (TPSA) is 90.0 Å². The fraction of sp³-hybridized carbons (Fsp3) is 0.241. The van der Waals surface area contributed by atoms with Crippen molar-refractivity contribution in [1.29, 1.82) is 0 Å². The molecule has 3 aromatic heterocycles. The van der Waals surface area contributed by atoms with Crippen LogP contribution in [-0.4, -0.2) is 63.0 Å². The molecular weight excluding hydrogens is 462 g/mol. The standard InChI is InChI=1S/C29H29N7O/c1-19-14-24-23-15-20(18-36-12-10-35(2)11-13-36)5-6-22(23)28(37)32-27(24)16-26(19)34-29-31-9-7-25(33-29)21-4-3-8-30-17-21/h3-9,14-17H,10-13,18H2,1-2H3,(H,32,37)(H,31,33,34). The van der Waals surface area contributed by atoms with Crippen molar-refractivity contribution in [3.63, 3.8) is 0 Å². The minimum atomic E-state index is -0.0849. The largest absolute Gasteiger partial charge is 0.324 e. The van der Waals surface area contributed by atoms with Gasteiger partial charge in [0.2, 0.25) is 5.95 Å². The highest BCUT2D eigenvalue weighted by Crippen LogP contribution is 2.29. The average molecular weight is 492 g/mol. The maximum atomic E-state index is 13.0. The first-order valence-corrected chi connectivity index (χ1v) is 12.5. The number of aryl methyl sites for hydroxylation is 1. The lowest BCUT2D eigenvalue weighted by atomic mass is 10.0. The van der Waals surface area contributed by atoms with Crippen LogP contribution in [0, 0.1) is 6.92 Å². The summed E-state index contributed by atoms with van der Waals surface area (Å²) in [7, 11) is 2.17. The van der Waals surface area contributed by atoms with Gasteiger partial charge in [-0.15, -0.1) is 0 Å². The Kier molecular flexibility index (Phi) is 6.12. The zero-order valence-electron chi connectivity index (χ0n) is 21.0. The Bertz CT molecular complexity index is 1640. The number of hydrogen-bond acceptors (Lipinski definition) is 7. The highest BCUT2D eigenvalue weighted by Gasteiger charge is 2.15. The van der Waals surface area contributed by atoms with Gasteiger partial charge in [-0.25, -0.2) is 9.97 Å². The van der Waals surface area contributed by atoms with Gasteiger partial charge in [-0.2, -0.15) is 0 Å². The molecule has 2 N–H and O–H groups in total. The van der Waals surface area contributed by atoms with Gasteiger partial charge in [-0.3, -0.25) is 14.7 Å². The molecule has 0 aliphatic carbocycles. The molecule has 4 heterocycles. The molecule has 186 valence electrons. The van der Waals surface area contributed by atoms with Gasteiger partial charge in [-0.05, 0) is 72.9 Å². The van der Waals surface area contributed by atoms with Crippen molar-refractivity contribution in [3.05, 3.63) is 88.6 Å². The zero-order chi connectivity index (χ0) is 25.4. The van der Waals surface area contributed by atoms with Gasteiger partial charge >= 0.3 is 0 Å². The molecule has 8 heteroatoms. The first kappa shape index (κ1) is 23.3. The van der Waals surface area contributed by atoms with Gasteiger partial charge in [0.25, 0.3) is 5.56 Å². The van der Waals surface area contributed by atoms with Crippen LogP contribution in [0.4, 0.5) is 11.6 Å². The van der Waals surface area contributed by atoms with E-state index >= 15 is 0 Å². The van der Waals surface area contributed by atoms with E-state index in [2.05, 4.69) is 67.2 Å². The molecule has 2 aromatic carbocycles. The maximum absolute atomic E-state index is 13.0. The molecule has 5 aromatic rings. The van der Waals surface area contributed by atoms with Crippen LogP contribution < -0.4 is 10.9 Å². The Balaban J connectivity index is 1.34. The predicted octanol–water partition coefficient (Wildman–Crippen LogP) is 4.33. The number of anilines is 2. The van der Waals surface area contributed by atoms with E-state index in [-0.39, 0.29) is 5.56 Å². The van der Waals surface area contributed by atoms with Crippen molar-refractivity contribution in [1.82, 2.24) is 29.7 Å². The lowest BCUT2D eigenvalue weighted by Crippen LogP contribution is -2.43. The molecule has 0 amide bonds.